The zero-order valence-corrected chi connectivity index (χ0v) is 15.9. The van der Waals surface area contributed by atoms with Gasteiger partial charge in [0.25, 0.3) is 0 Å². The fourth-order valence-electron chi connectivity index (χ4n) is 3.75. The van der Waals surface area contributed by atoms with Gasteiger partial charge in [-0.1, -0.05) is 41.9 Å². The Hall–Kier alpha value is -2.57. The van der Waals surface area contributed by atoms with Crippen molar-refractivity contribution in [3.8, 4) is 11.4 Å². The Labute approximate surface area is 164 Å². The van der Waals surface area contributed by atoms with Crippen LogP contribution in [0.2, 0.25) is 0 Å². The molecule has 5 nitrogen and oxygen atoms in total. The highest BCUT2D eigenvalue weighted by Crippen LogP contribution is 2.26. The summed E-state index contributed by atoms with van der Waals surface area (Å²) in [6.07, 6.45) is 3.88. The monoisotopic (exact) mass is 380 g/mol. The molecule has 28 heavy (non-hydrogen) atoms. The molecule has 0 saturated carbocycles. The molecule has 1 fully saturated rings. The normalized spacial score (nSPS) is 16.2. The molecule has 0 bridgehead atoms. The highest BCUT2D eigenvalue weighted by Gasteiger charge is 2.20. The predicted molar refractivity (Wildman–Crippen MR) is 106 cm³/mol. The molecule has 146 valence electrons. The lowest BCUT2D eigenvalue weighted by Gasteiger charge is -2.26. The Bertz CT molecular complexity index is 903. The number of piperidine rings is 1. The molecule has 0 amide bonds. The fourth-order valence-corrected chi connectivity index (χ4v) is 3.75. The van der Waals surface area contributed by atoms with Gasteiger partial charge < -0.3 is 10.3 Å². The van der Waals surface area contributed by atoms with E-state index in [-0.39, 0.29) is 11.7 Å². The number of nitrogens with zero attached hydrogens (tertiary/aromatic N) is 3. The summed E-state index contributed by atoms with van der Waals surface area (Å²) in [6, 6.07) is 14.5. The number of benzene rings is 2. The van der Waals surface area contributed by atoms with E-state index in [4.69, 9.17) is 10.3 Å². The van der Waals surface area contributed by atoms with Crippen LogP contribution in [0.15, 0.2) is 53.1 Å². The summed E-state index contributed by atoms with van der Waals surface area (Å²) >= 11 is 0. The van der Waals surface area contributed by atoms with Crippen LogP contribution in [0, 0.1) is 5.82 Å². The van der Waals surface area contributed by atoms with Crippen molar-refractivity contribution in [3.63, 3.8) is 0 Å². The third kappa shape index (κ3) is 4.29. The zero-order valence-electron chi connectivity index (χ0n) is 15.9. The first-order chi connectivity index (χ1) is 13.7. The lowest BCUT2D eigenvalue weighted by molar-refractivity contribution is 0.221. The summed E-state index contributed by atoms with van der Waals surface area (Å²) in [6.45, 7) is 3.57. The van der Waals surface area contributed by atoms with Crippen LogP contribution in [-0.2, 0) is 6.54 Å². The van der Waals surface area contributed by atoms with Gasteiger partial charge in [0.1, 0.15) is 5.82 Å². The molecule has 1 unspecified atom stereocenters. The van der Waals surface area contributed by atoms with Gasteiger partial charge in [0, 0.05) is 18.7 Å². The average Bonchev–Trinajstić information content (AvgIpc) is 3.21. The summed E-state index contributed by atoms with van der Waals surface area (Å²) < 4.78 is 18.7. The topological polar surface area (TPSA) is 68.2 Å². The Morgan fingerprint density at radius 3 is 2.61 bits per heavy atom. The first kappa shape index (κ1) is 18.8. The molecule has 1 atom stereocenters. The molecule has 2 aromatic carbocycles. The minimum absolute atomic E-state index is 0.251. The average molecular weight is 380 g/mol. The SMILES string of the molecule is NCC(c1ccc(F)cc1)c1nc(-c2cccc(CN3CCCCC3)c2)no1. The molecule has 1 aliphatic rings. The summed E-state index contributed by atoms with van der Waals surface area (Å²) in [5.74, 6) is 0.469. The standard InChI is InChI=1S/C22H25FN4O/c23-19-9-7-17(8-10-19)20(14-24)22-25-21(26-28-22)18-6-4-5-16(13-18)15-27-11-2-1-3-12-27/h4-10,13,20H,1-3,11-12,14-15,24H2. The van der Waals surface area contributed by atoms with Gasteiger partial charge in [0.2, 0.25) is 11.7 Å². The molecule has 1 aliphatic heterocycles. The minimum atomic E-state index is -0.281. The van der Waals surface area contributed by atoms with Gasteiger partial charge in [0.05, 0.1) is 5.92 Å². The van der Waals surface area contributed by atoms with E-state index in [1.165, 1.54) is 37.0 Å². The molecule has 1 saturated heterocycles. The largest absolute Gasteiger partial charge is 0.338 e. The van der Waals surface area contributed by atoms with E-state index >= 15 is 0 Å². The minimum Gasteiger partial charge on any atom is -0.338 e. The molecular formula is C22H25FN4O. The van der Waals surface area contributed by atoms with Crippen LogP contribution in [0.3, 0.4) is 0 Å². The molecular weight excluding hydrogens is 355 g/mol. The number of hydrogen-bond acceptors (Lipinski definition) is 5. The first-order valence-electron chi connectivity index (χ1n) is 9.84. The molecule has 4 rings (SSSR count). The summed E-state index contributed by atoms with van der Waals surface area (Å²) in [4.78, 5) is 7.06. The molecule has 2 N–H and O–H groups in total. The molecule has 0 aliphatic carbocycles. The molecule has 0 radical (unpaired) electrons. The Morgan fingerprint density at radius 2 is 1.86 bits per heavy atom. The van der Waals surface area contributed by atoms with Crippen LogP contribution in [0.5, 0.6) is 0 Å². The van der Waals surface area contributed by atoms with E-state index in [1.807, 2.05) is 12.1 Å². The number of likely N-dealkylation sites (tertiary alicyclic amines) is 1. The van der Waals surface area contributed by atoms with Gasteiger partial charge in [-0.05, 0) is 55.3 Å². The van der Waals surface area contributed by atoms with Crippen molar-refractivity contribution in [1.82, 2.24) is 15.0 Å². The maximum atomic E-state index is 13.2. The summed E-state index contributed by atoms with van der Waals surface area (Å²) in [7, 11) is 0. The van der Waals surface area contributed by atoms with Crippen molar-refractivity contribution >= 4 is 0 Å². The lowest BCUT2D eigenvalue weighted by Crippen LogP contribution is -2.29. The van der Waals surface area contributed by atoms with Crippen LogP contribution in [0.25, 0.3) is 11.4 Å². The second-order valence-electron chi connectivity index (χ2n) is 7.33. The van der Waals surface area contributed by atoms with E-state index in [0.717, 1.165) is 30.8 Å². The number of rotatable bonds is 6. The number of halogens is 1. The van der Waals surface area contributed by atoms with Gasteiger partial charge in [-0.2, -0.15) is 4.98 Å². The molecule has 1 aromatic heterocycles. The second kappa shape index (κ2) is 8.63. The highest BCUT2D eigenvalue weighted by atomic mass is 19.1. The van der Waals surface area contributed by atoms with E-state index in [0.29, 0.717) is 18.3 Å². The van der Waals surface area contributed by atoms with Gasteiger partial charge >= 0.3 is 0 Å². The van der Waals surface area contributed by atoms with E-state index < -0.39 is 0 Å². The number of aromatic nitrogens is 2. The highest BCUT2D eigenvalue weighted by molar-refractivity contribution is 5.55. The third-order valence-electron chi connectivity index (χ3n) is 5.29. The van der Waals surface area contributed by atoms with E-state index in [2.05, 4.69) is 27.2 Å². The van der Waals surface area contributed by atoms with Gasteiger partial charge in [-0.25, -0.2) is 4.39 Å². The first-order valence-corrected chi connectivity index (χ1v) is 9.84. The molecule has 3 aromatic rings. The van der Waals surface area contributed by atoms with Crippen molar-refractivity contribution < 1.29 is 8.91 Å². The van der Waals surface area contributed by atoms with Crippen LogP contribution in [0.1, 0.15) is 42.2 Å². The zero-order chi connectivity index (χ0) is 19.3. The Kier molecular flexibility index (Phi) is 5.78. The molecule has 6 heteroatoms. The second-order valence-corrected chi connectivity index (χ2v) is 7.33. The Balaban J connectivity index is 1.53. The van der Waals surface area contributed by atoms with Gasteiger partial charge in [-0.3, -0.25) is 4.90 Å². The van der Waals surface area contributed by atoms with Crippen LogP contribution >= 0.6 is 0 Å². The predicted octanol–water partition coefficient (Wildman–Crippen LogP) is 3.95. The van der Waals surface area contributed by atoms with Crippen molar-refractivity contribution in [2.75, 3.05) is 19.6 Å². The van der Waals surface area contributed by atoms with Crippen LogP contribution in [0.4, 0.5) is 4.39 Å². The maximum Gasteiger partial charge on any atom is 0.235 e. The van der Waals surface area contributed by atoms with Crippen molar-refractivity contribution in [3.05, 3.63) is 71.4 Å². The Morgan fingerprint density at radius 1 is 1.07 bits per heavy atom. The summed E-state index contributed by atoms with van der Waals surface area (Å²) in [5, 5.41) is 4.16. The van der Waals surface area contributed by atoms with Crippen molar-refractivity contribution in [1.29, 1.82) is 0 Å². The fraction of sp³-hybridized carbons (Fsp3) is 0.364. The molecule has 0 spiro atoms. The van der Waals surface area contributed by atoms with Crippen molar-refractivity contribution in [2.45, 2.75) is 31.7 Å². The van der Waals surface area contributed by atoms with Crippen LogP contribution < -0.4 is 5.73 Å². The molecule has 2 heterocycles. The summed E-state index contributed by atoms with van der Waals surface area (Å²) in [5.41, 5.74) is 8.96. The number of nitrogens with two attached hydrogens (primary N) is 1. The van der Waals surface area contributed by atoms with Crippen molar-refractivity contribution in [2.24, 2.45) is 5.73 Å². The lowest BCUT2D eigenvalue weighted by atomic mass is 9.99. The van der Waals surface area contributed by atoms with Crippen LogP contribution in [-0.4, -0.2) is 34.7 Å². The van der Waals surface area contributed by atoms with E-state index in [1.54, 1.807) is 12.1 Å². The van der Waals surface area contributed by atoms with E-state index in [9.17, 15) is 4.39 Å². The smallest absolute Gasteiger partial charge is 0.235 e. The number of hydrogen-bond donors (Lipinski definition) is 1. The van der Waals surface area contributed by atoms with Gasteiger partial charge in [0.15, 0.2) is 0 Å². The third-order valence-corrected chi connectivity index (χ3v) is 5.29. The maximum absolute atomic E-state index is 13.2. The quantitative estimate of drug-likeness (QED) is 0.701. The van der Waals surface area contributed by atoms with Gasteiger partial charge in [-0.15, -0.1) is 0 Å².